The molecule has 0 aliphatic carbocycles. The van der Waals surface area contributed by atoms with Crippen LogP contribution in [0.3, 0.4) is 0 Å². The molecule has 0 fully saturated rings. The van der Waals surface area contributed by atoms with E-state index >= 15 is 0 Å². The fourth-order valence-corrected chi connectivity index (χ4v) is 1.01. The van der Waals surface area contributed by atoms with Gasteiger partial charge in [-0.25, -0.2) is 0 Å². The normalized spacial score (nSPS) is 13.0. The maximum atomic E-state index is 5.37. The molecule has 0 saturated heterocycles. The molecule has 1 unspecified atom stereocenters. The Morgan fingerprint density at radius 3 is 2.90 bits per heavy atom. The van der Waals surface area contributed by atoms with Crippen LogP contribution >= 0.6 is 15.9 Å². The number of rotatable bonds is 6. The third-order valence-corrected chi connectivity index (χ3v) is 1.79. The molecule has 0 rings (SSSR count). The molecule has 0 amide bonds. The molecule has 0 aromatic heterocycles. The molecule has 0 radical (unpaired) electrons. The predicted molar refractivity (Wildman–Crippen MR) is 48.4 cm³/mol. The monoisotopic (exact) mass is 206 g/mol. The summed E-state index contributed by atoms with van der Waals surface area (Å²) in [6, 6.07) is 0. The highest BCUT2D eigenvalue weighted by Crippen LogP contribution is 2.07. The van der Waals surface area contributed by atoms with E-state index in [-0.39, 0.29) is 5.01 Å². The second kappa shape index (κ2) is 7.29. The van der Waals surface area contributed by atoms with E-state index in [0.717, 1.165) is 19.4 Å². The molecular weight excluding hydrogens is 192 g/mol. The fourth-order valence-electron chi connectivity index (χ4n) is 0.555. The third-order valence-electron chi connectivity index (χ3n) is 1.15. The molecule has 0 aromatic carbocycles. The van der Waals surface area contributed by atoms with Crippen molar-refractivity contribution in [2.24, 2.45) is 0 Å². The van der Waals surface area contributed by atoms with Gasteiger partial charge < -0.3 is 4.74 Å². The van der Waals surface area contributed by atoms with Crippen LogP contribution < -0.4 is 0 Å². The molecule has 1 nitrogen and oxygen atoms in total. The third kappa shape index (κ3) is 6.30. The van der Waals surface area contributed by atoms with E-state index in [9.17, 15) is 0 Å². The Morgan fingerprint density at radius 1 is 1.70 bits per heavy atom. The van der Waals surface area contributed by atoms with Gasteiger partial charge in [-0.1, -0.05) is 35.4 Å². The van der Waals surface area contributed by atoms with Crippen LogP contribution in [0.25, 0.3) is 0 Å². The summed E-state index contributed by atoms with van der Waals surface area (Å²) in [6.07, 6.45) is 5.06. The lowest BCUT2D eigenvalue weighted by Crippen LogP contribution is -2.03. The van der Waals surface area contributed by atoms with Crippen molar-refractivity contribution in [1.82, 2.24) is 0 Å². The van der Waals surface area contributed by atoms with Crippen LogP contribution in [0.5, 0.6) is 0 Å². The highest BCUT2D eigenvalue weighted by atomic mass is 79.9. The summed E-state index contributed by atoms with van der Waals surface area (Å²) in [5, 5.41) is 0.163. The summed E-state index contributed by atoms with van der Waals surface area (Å²) in [5.74, 6) is 0. The van der Waals surface area contributed by atoms with Gasteiger partial charge in [0, 0.05) is 13.0 Å². The Morgan fingerprint density at radius 2 is 2.40 bits per heavy atom. The fraction of sp³-hybridized carbons (Fsp3) is 0.750. The molecule has 0 saturated carbocycles. The highest BCUT2D eigenvalue weighted by molar-refractivity contribution is 9.09. The molecule has 0 aromatic rings. The van der Waals surface area contributed by atoms with Crippen molar-refractivity contribution in [3.8, 4) is 0 Å². The van der Waals surface area contributed by atoms with Gasteiger partial charge in [0.2, 0.25) is 0 Å². The Bertz CT molecular complexity index is 83.3. The smallest absolute Gasteiger partial charge is 0.115 e. The summed E-state index contributed by atoms with van der Waals surface area (Å²) >= 11 is 3.37. The molecule has 0 spiro atoms. The minimum atomic E-state index is 0.163. The van der Waals surface area contributed by atoms with Crippen molar-refractivity contribution in [1.29, 1.82) is 0 Å². The molecule has 0 aliphatic rings. The maximum absolute atomic E-state index is 5.37. The van der Waals surface area contributed by atoms with Gasteiger partial charge in [0.1, 0.15) is 5.01 Å². The van der Waals surface area contributed by atoms with Crippen LogP contribution in [0.15, 0.2) is 12.7 Å². The predicted octanol–water partition coefficient (Wildman–Crippen LogP) is 3.10. The molecule has 0 N–H and O–H groups in total. The number of halogens is 1. The van der Waals surface area contributed by atoms with Crippen LogP contribution in [0.2, 0.25) is 0 Å². The number of alkyl halides is 1. The Labute approximate surface area is 71.6 Å². The van der Waals surface area contributed by atoms with Crippen LogP contribution in [0.1, 0.15) is 26.2 Å². The number of unbranched alkanes of at least 4 members (excludes halogenated alkanes) is 1. The van der Waals surface area contributed by atoms with Crippen LogP contribution in [-0.4, -0.2) is 11.6 Å². The summed E-state index contributed by atoms with van der Waals surface area (Å²) in [5.41, 5.74) is 0. The lowest BCUT2D eigenvalue weighted by Gasteiger charge is -2.07. The average molecular weight is 207 g/mol. The molecule has 2 heteroatoms. The van der Waals surface area contributed by atoms with Crippen molar-refractivity contribution in [2.75, 3.05) is 6.61 Å². The van der Waals surface area contributed by atoms with Crippen LogP contribution in [-0.2, 0) is 4.74 Å². The quantitative estimate of drug-likeness (QED) is 0.369. The van der Waals surface area contributed by atoms with Crippen molar-refractivity contribution in [3.05, 3.63) is 12.7 Å². The second-order valence-corrected chi connectivity index (χ2v) is 3.18. The van der Waals surface area contributed by atoms with E-state index in [1.54, 1.807) is 0 Å². The van der Waals surface area contributed by atoms with Gasteiger partial charge in [-0.2, -0.15) is 0 Å². The molecule has 0 heterocycles. The highest BCUT2D eigenvalue weighted by Gasteiger charge is 1.98. The first-order valence-corrected chi connectivity index (χ1v) is 4.59. The molecule has 60 valence electrons. The van der Waals surface area contributed by atoms with E-state index in [1.165, 1.54) is 6.42 Å². The van der Waals surface area contributed by atoms with Crippen molar-refractivity contribution in [2.45, 2.75) is 31.2 Å². The minimum Gasteiger partial charge on any atom is -0.367 e. The first-order chi connectivity index (χ1) is 4.81. The first kappa shape index (κ1) is 10.2. The van der Waals surface area contributed by atoms with Crippen LogP contribution in [0, 0.1) is 0 Å². The van der Waals surface area contributed by atoms with E-state index in [4.69, 9.17) is 4.74 Å². The largest absolute Gasteiger partial charge is 0.367 e. The molecule has 0 bridgehead atoms. The molecule has 1 atom stereocenters. The standard InChI is InChI=1S/C8H15BrO/c1-3-5-7-10-8(9)6-4-2/h4,8H,2-3,5-7H2,1H3. The lowest BCUT2D eigenvalue weighted by molar-refractivity contribution is 0.116. The van der Waals surface area contributed by atoms with Crippen molar-refractivity contribution >= 4 is 15.9 Å². The van der Waals surface area contributed by atoms with E-state index in [1.807, 2.05) is 6.08 Å². The Kier molecular flexibility index (Phi) is 7.42. The molecule has 0 aliphatic heterocycles. The SMILES string of the molecule is C=CCC(Br)OCCCC. The maximum Gasteiger partial charge on any atom is 0.115 e. The van der Waals surface area contributed by atoms with Gasteiger partial charge in [-0.05, 0) is 6.42 Å². The minimum absolute atomic E-state index is 0.163. The van der Waals surface area contributed by atoms with E-state index in [0.29, 0.717) is 0 Å². The topological polar surface area (TPSA) is 9.23 Å². The average Bonchev–Trinajstić information content (AvgIpc) is 1.89. The summed E-state index contributed by atoms with van der Waals surface area (Å²) in [6.45, 7) is 6.62. The zero-order valence-corrected chi connectivity index (χ0v) is 8.06. The molecular formula is C8H15BrO. The van der Waals surface area contributed by atoms with Crippen LogP contribution in [0.4, 0.5) is 0 Å². The molecule has 10 heavy (non-hydrogen) atoms. The van der Waals surface area contributed by atoms with Gasteiger partial charge in [0.25, 0.3) is 0 Å². The number of hydrogen-bond acceptors (Lipinski definition) is 1. The Hall–Kier alpha value is 0.180. The second-order valence-electron chi connectivity index (χ2n) is 2.16. The van der Waals surface area contributed by atoms with E-state index in [2.05, 4.69) is 29.4 Å². The summed E-state index contributed by atoms with van der Waals surface area (Å²) in [7, 11) is 0. The van der Waals surface area contributed by atoms with Gasteiger partial charge in [0.15, 0.2) is 0 Å². The summed E-state index contributed by atoms with van der Waals surface area (Å²) < 4.78 is 5.37. The van der Waals surface area contributed by atoms with Gasteiger partial charge >= 0.3 is 0 Å². The zero-order valence-electron chi connectivity index (χ0n) is 6.48. The number of ether oxygens (including phenoxy) is 1. The van der Waals surface area contributed by atoms with Gasteiger partial charge in [-0.3, -0.25) is 0 Å². The zero-order chi connectivity index (χ0) is 7.82. The van der Waals surface area contributed by atoms with Crippen molar-refractivity contribution in [3.63, 3.8) is 0 Å². The van der Waals surface area contributed by atoms with Gasteiger partial charge in [-0.15, -0.1) is 6.58 Å². The Balaban J connectivity index is 3.04. The lowest BCUT2D eigenvalue weighted by atomic mass is 10.4. The first-order valence-electron chi connectivity index (χ1n) is 3.67. The summed E-state index contributed by atoms with van der Waals surface area (Å²) in [4.78, 5) is 0. The number of hydrogen-bond donors (Lipinski definition) is 0. The van der Waals surface area contributed by atoms with E-state index < -0.39 is 0 Å². The van der Waals surface area contributed by atoms with Gasteiger partial charge in [0.05, 0.1) is 0 Å². The van der Waals surface area contributed by atoms with Crippen molar-refractivity contribution < 1.29 is 4.74 Å².